The van der Waals surface area contributed by atoms with Crippen LogP contribution in [0, 0.1) is 0 Å². The van der Waals surface area contributed by atoms with Gasteiger partial charge in [0.15, 0.2) is 0 Å². The number of rotatable bonds is 4. The predicted molar refractivity (Wildman–Crippen MR) is 87.5 cm³/mol. The van der Waals surface area contributed by atoms with Crippen LogP contribution in [0.15, 0.2) is 53.4 Å². The van der Waals surface area contributed by atoms with Crippen LogP contribution in [-0.2, 0) is 13.6 Å². The van der Waals surface area contributed by atoms with E-state index in [0.717, 1.165) is 24.3 Å². The summed E-state index contributed by atoms with van der Waals surface area (Å²) in [6.45, 7) is 1.91. The van der Waals surface area contributed by atoms with E-state index >= 15 is 0 Å². The molecule has 1 aromatic carbocycles. The zero-order valence-corrected chi connectivity index (χ0v) is 13.2. The first-order chi connectivity index (χ1) is 11.3. The van der Waals surface area contributed by atoms with Crippen LogP contribution in [0.2, 0.25) is 0 Å². The quantitative estimate of drug-likeness (QED) is 0.741. The lowest BCUT2D eigenvalue weighted by molar-refractivity contribution is 0.245. The fraction of sp³-hybridized carbons (Fsp3) is 0.333. The van der Waals surface area contributed by atoms with E-state index in [1.165, 1.54) is 18.4 Å². The third-order valence-electron chi connectivity index (χ3n) is 4.41. The lowest BCUT2D eigenvalue weighted by Crippen LogP contribution is -2.22. The first-order valence-corrected chi connectivity index (χ1v) is 8.02. The van der Waals surface area contributed by atoms with Crippen LogP contribution in [0.25, 0.3) is 11.5 Å². The molecule has 0 radical (unpaired) electrons. The van der Waals surface area contributed by atoms with Gasteiger partial charge in [0.25, 0.3) is 0 Å². The Kier molecular flexibility index (Phi) is 3.71. The molecule has 0 spiro atoms. The number of nitrogens with zero attached hydrogens (tertiary/aromatic N) is 4. The highest BCUT2D eigenvalue weighted by atomic mass is 16.3. The van der Waals surface area contributed by atoms with Crippen molar-refractivity contribution < 1.29 is 4.42 Å². The molecule has 2 aromatic heterocycles. The molecule has 1 aliphatic heterocycles. The number of oxazole rings is 1. The molecule has 0 bridgehead atoms. The summed E-state index contributed by atoms with van der Waals surface area (Å²) in [4.78, 5) is 7.11. The average molecular weight is 308 g/mol. The van der Waals surface area contributed by atoms with Crippen molar-refractivity contribution in [2.75, 3.05) is 6.54 Å². The van der Waals surface area contributed by atoms with Crippen molar-refractivity contribution in [2.24, 2.45) is 7.05 Å². The molecule has 4 rings (SSSR count). The van der Waals surface area contributed by atoms with Crippen LogP contribution >= 0.6 is 0 Å². The van der Waals surface area contributed by atoms with Crippen LogP contribution in [0.1, 0.15) is 30.1 Å². The van der Waals surface area contributed by atoms with Crippen LogP contribution in [0.5, 0.6) is 0 Å². The first kappa shape index (κ1) is 14.2. The summed E-state index contributed by atoms with van der Waals surface area (Å²) in [7, 11) is 1.96. The monoisotopic (exact) mass is 308 g/mol. The van der Waals surface area contributed by atoms with Crippen molar-refractivity contribution in [1.29, 1.82) is 0 Å². The third kappa shape index (κ3) is 2.92. The second kappa shape index (κ2) is 6.01. The van der Waals surface area contributed by atoms with Gasteiger partial charge in [-0.3, -0.25) is 9.58 Å². The Labute approximate surface area is 135 Å². The van der Waals surface area contributed by atoms with Crippen molar-refractivity contribution in [3.63, 3.8) is 0 Å². The molecular weight excluding hydrogens is 288 g/mol. The SMILES string of the molecule is Cn1cc([C@H]2CCCN2Cc2coc(-c3ccccc3)n2)cn1. The standard InChI is InChI=1S/C18H20N4O/c1-21-11-15(10-19-21)17-8-5-9-22(17)12-16-13-23-18(20-16)14-6-3-2-4-7-14/h2-4,6-7,10-11,13,17H,5,8-9,12H2,1H3/t17-/m1/s1. The average Bonchev–Trinajstić information content (AvgIpc) is 3.29. The Morgan fingerprint density at radius 1 is 1.26 bits per heavy atom. The number of hydrogen-bond donors (Lipinski definition) is 0. The Bertz CT molecular complexity index is 777. The van der Waals surface area contributed by atoms with E-state index < -0.39 is 0 Å². The minimum Gasteiger partial charge on any atom is -0.444 e. The number of aryl methyl sites for hydroxylation is 1. The van der Waals surface area contributed by atoms with Crippen LogP contribution in [0.3, 0.4) is 0 Å². The summed E-state index contributed by atoms with van der Waals surface area (Å²) in [6.07, 6.45) is 8.25. The molecule has 1 atom stereocenters. The largest absolute Gasteiger partial charge is 0.444 e. The summed E-state index contributed by atoms with van der Waals surface area (Å²) in [5, 5.41) is 4.30. The van der Waals surface area contributed by atoms with Gasteiger partial charge in [-0.1, -0.05) is 18.2 Å². The van der Waals surface area contributed by atoms with E-state index in [1.54, 1.807) is 6.26 Å². The highest BCUT2D eigenvalue weighted by molar-refractivity contribution is 5.52. The molecule has 23 heavy (non-hydrogen) atoms. The topological polar surface area (TPSA) is 47.1 Å². The Balaban J connectivity index is 1.50. The zero-order chi connectivity index (χ0) is 15.6. The van der Waals surface area contributed by atoms with Crippen molar-refractivity contribution in [1.82, 2.24) is 19.7 Å². The van der Waals surface area contributed by atoms with Crippen molar-refractivity contribution in [2.45, 2.75) is 25.4 Å². The Morgan fingerprint density at radius 3 is 2.91 bits per heavy atom. The maximum atomic E-state index is 5.65. The highest BCUT2D eigenvalue weighted by Gasteiger charge is 2.27. The van der Waals surface area contributed by atoms with Crippen molar-refractivity contribution in [3.05, 3.63) is 60.2 Å². The molecule has 0 amide bonds. The second-order valence-corrected chi connectivity index (χ2v) is 6.09. The number of hydrogen-bond acceptors (Lipinski definition) is 4. The smallest absolute Gasteiger partial charge is 0.226 e. The van der Waals surface area contributed by atoms with E-state index in [4.69, 9.17) is 4.42 Å². The van der Waals surface area contributed by atoms with Gasteiger partial charge in [-0.05, 0) is 31.5 Å². The van der Waals surface area contributed by atoms with Crippen LogP contribution < -0.4 is 0 Å². The van der Waals surface area contributed by atoms with Gasteiger partial charge in [0.1, 0.15) is 6.26 Å². The van der Waals surface area contributed by atoms with E-state index in [9.17, 15) is 0 Å². The lowest BCUT2D eigenvalue weighted by Gasteiger charge is -2.22. The third-order valence-corrected chi connectivity index (χ3v) is 4.41. The van der Waals surface area contributed by atoms with Gasteiger partial charge in [0.05, 0.1) is 11.9 Å². The molecule has 1 aliphatic rings. The fourth-order valence-electron chi connectivity index (χ4n) is 3.31. The van der Waals surface area contributed by atoms with Gasteiger partial charge in [0.2, 0.25) is 5.89 Å². The van der Waals surface area contributed by atoms with Crippen LogP contribution in [0.4, 0.5) is 0 Å². The van der Waals surface area contributed by atoms with Gasteiger partial charge in [-0.2, -0.15) is 5.10 Å². The van der Waals surface area contributed by atoms with Crippen LogP contribution in [-0.4, -0.2) is 26.2 Å². The zero-order valence-electron chi connectivity index (χ0n) is 13.2. The van der Waals surface area contributed by atoms with Gasteiger partial charge in [-0.25, -0.2) is 4.98 Å². The van der Waals surface area contributed by atoms with Gasteiger partial charge >= 0.3 is 0 Å². The molecule has 0 saturated carbocycles. The second-order valence-electron chi connectivity index (χ2n) is 6.09. The number of aromatic nitrogens is 3. The van der Waals surface area contributed by atoms with Gasteiger partial charge in [0, 0.05) is 37.0 Å². The van der Waals surface area contributed by atoms with Gasteiger partial charge < -0.3 is 4.42 Å². The predicted octanol–water partition coefficient (Wildman–Crippen LogP) is 3.41. The molecule has 1 saturated heterocycles. The van der Waals surface area contributed by atoms with Crippen molar-refractivity contribution in [3.8, 4) is 11.5 Å². The summed E-state index contributed by atoms with van der Waals surface area (Å²) in [6, 6.07) is 10.5. The molecule has 0 aliphatic carbocycles. The molecule has 5 heteroatoms. The summed E-state index contributed by atoms with van der Waals surface area (Å²) >= 11 is 0. The molecule has 3 aromatic rings. The van der Waals surface area contributed by atoms with Gasteiger partial charge in [-0.15, -0.1) is 0 Å². The normalized spacial score (nSPS) is 18.6. The lowest BCUT2D eigenvalue weighted by atomic mass is 10.1. The van der Waals surface area contributed by atoms with E-state index in [1.807, 2.05) is 48.3 Å². The molecule has 5 nitrogen and oxygen atoms in total. The number of benzene rings is 1. The molecule has 1 fully saturated rings. The maximum Gasteiger partial charge on any atom is 0.226 e. The number of likely N-dealkylation sites (tertiary alicyclic amines) is 1. The molecule has 0 N–H and O–H groups in total. The minimum absolute atomic E-state index is 0.431. The Hall–Kier alpha value is -2.40. The first-order valence-electron chi connectivity index (χ1n) is 8.02. The molecule has 118 valence electrons. The molecule has 0 unspecified atom stereocenters. The van der Waals surface area contributed by atoms with E-state index in [0.29, 0.717) is 11.9 Å². The summed E-state index contributed by atoms with van der Waals surface area (Å²) in [5.74, 6) is 0.692. The summed E-state index contributed by atoms with van der Waals surface area (Å²) in [5.41, 5.74) is 3.29. The molecular formula is C18H20N4O. The van der Waals surface area contributed by atoms with E-state index in [-0.39, 0.29) is 0 Å². The minimum atomic E-state index is 0.431. The maximum absolute atomic E-state index is 5.65. The fourth-order valence-corrected chi connectivity index (χ4v) is 3.31. The summed E-state index contributed by atoms with van der Waals surface area (Å²) < 4.78 is 7.52. The molecule has 3 heterocycles. The Morgan fingerprint density at radius 2 is 2.13 bits per heavy atom. The highest BCUT2D eigenvalue weighted by Crippen LogP contribution is 2.33. The van der Waals surface area contributed by atoms with E-state index in [2.05, 4.69) is 21.2 Å². The van der Waals surface area contributed by atoms with Crippen molar-refractivity contribution >= 4 is 0 Å².